The molecule has 66 valence electrons. The highest BCUT2D eigenvalue weighted by Crippen LogP contribution is 2.26. The van der Waals surface area contributed by atoms with Gasteiger partial charge in [0, 0.05) is 15.7 Å². The lowest BCUT2D eigenvalue weighted by Crippen LogP contribution is -1.94. The Kier molecular flexibility index (Phi) is 3.62. The number of hydrogen-bond acceptors (Lipinski definition) is 3. The summed E-state index contributed by atoms with van der Waals surface area (Å²) < 4.78 is 0. The first-order valence-corrected chi connectivity index (χ1v) is 5.60. The fraction of sp³-hybridized carbons (Fsp3) is 0.375. The normalized spacial score (nSPS) is 10.1. The van der Waals surface area contributed by atoms with E-state index in [2.05, 4.69) is 6.92 Å². The summed E-state index contributed by atoms with van der Waals surface area (Å²) in [5, 5.41) is 12.3. The first-order valence-electron chi connectivity index (χ1n) is 3.68. The first kappa shape index (κ1) is 9.61. The highest BCUT2D eigenvalue weighted by atomic mass is 32.2. The Morgan fingerprint density at radius 3 is 3.00 bits per heavy atom. The molecule has 0 aliphatic heterocycles. The second-order valence-electron chi connectivity index (χ2n) is 2.30. The zero-order valence-electron chi connectivity index (χ0n) is 6.74. The number of carboxylic acid groups (broad SMARTS) is 1. The lowest BCUT2D eigenvalue weighted by atomic mass is 10.3. The fourth-order valence-electron chi connectivity index (χ4n) is 0.765. The highest BCUT2D eigenvalue weighted by Gasteiger charge is 2.10. The van der Waals surface area contributed by atoms with Crippen molar-refractivity contribution in [2.24, 2.45) is 0 Å². The molecule has 1 rings (SSSR count). The molecule has 0 spiro atoms. The largest absolute Gasteiger partial charge is 0.478 e. The summed E-state index contributed by atoms with van der Waals surface area (Å²) in [7, 11) is 0. The minimum Gasteiger partial charge on any atom is -0.478 e. The molecule has 0 radical (unpaired) electrons. The fourth-order valence-corrected chi connectivity index (χ4v) is 2.69. The van der Waals surface area contributed by atoms with Crippen LogP contribution in [0.3, 0.4) is 0 Å². The molecule has 4 heteroatoms. The maximum Gasteiger partial charge on any atom is 0.337 e. The van der Waals surface area contributed by atoms with E-state index >= 15 is 0 Å². The minimum absolute atomic E-state index is 0.443. The molecule has 1 N–H and O–H groups in total. The summed E-state index contributed by atoms with van der Waals surface area (Å²) in [6.45, 7) is 2.08. The average molecular weight is 202 g/mol. The minimum atomic E-state index is -0.824. The smallest absolute Gasteiger partial charge is 0.337 e. The van der Waals surface area contributed by atoms with Crippen molar-refractivity contribution in [3.8, 4) is 0 Å². The molecule has 0 atom stereocenters. The van der Waals surface area contributed by atoms with Gasteiger partial charge in [0.25, 0.3) is 0 Å². The maximum absolute atomic E-state index is 10.6. The van der Waals surface area contributed by atoms with Crippen molar-refractivity contribution in [2.45, 2.75) is 18.2 Å². The van der Waals surface area contributed by atoms with Crippen molar-refractivity contribution in [1.29, 1.82) is 0 Å². The molecule has 12 heavy (non-hydrogen) atoms. The van der Waals surface area contributed by atoms with E-state index in [4.69, 9.17) is 5.11 Å². The molecule has 0 saturated carbocycles. The van der Waals surface area contributed by atoms with Crippen molar-refractivity contribution in [3.63, 3.8) is 0 Å². The second-order valence-corrected chi connectivity index (χ2v) is 4.18. The van der Waals surface area contributed by atoms with Crippen LogP contribution in [0.2, 0.25) is 0 Å². The molecular weight excluding hydrogens is 192 g/mol. The Morgan fingerprint density at radius 2 is 2.42 bits per heavy atom. The molecule has 1 heterocycles. The lowest BCUT2D eigenvalue weighted by Gasteiger charge is -1.96. The summed E-state index contributed by atoms with van der Waals surface area (Å²) in [6.07, 6.45) is 1.07. The number of thiophene rings is 1. The number of aromatic carboxylic acids is 1. The lowest BCUT2D eigenvalue weighted by molar-refractivity contribution is 0.0694. The third-order valence-electron chi connectivity index (χ3n) is 1.32. The van der Waals surface area contributed by atoms with E-state index in [0.29, 0.717) is 5.56 Å². The Hall–Kier alpha value is -0.480. The molecule has 0 aliphatic carbocycles. The molecule has 0 saturated heterocycles. The van der Waals surface area contributed by atoms with E-state index in [9.17, 15) is 4.79 Å². The summed E-state index contributed by atoms with van der Waals surface area (Å²) in [4.78, 5) is 11.5. The van der Waals surface area contributed by atoms with Crippen LogP contribution in [0.4, 0.5) is 0 Å². The quantitative estimate of drug-likeness (QED) is 0.763. The van der Waals surface area contributed by atoms with Gasteiger partial charge in [0.2, 0.25) is 0 Å². The van der Waals surface area contributed by atoms with Crippen LogP contribution in [0.1, 0.15) is 23.7 Å². The summed E-state index contributed by atoms with van der Waals surface area (Å²) >= 11 is 3.05. The molecule has 0 amide bonds. The third kappa shape index (κ3) is 2.25. The van der Waals surface area contributed by atoms with Crippen molar-refractivity contribution in [3.05, 3.63) is 16.3 Å². The van der Waals surface area contributed by atoms with Crippen molar-refractivity contribution >= 4 is 29.1 Å². The van der Waals surface area contributed by atoms with E-state index < -0.39 is 5.97 Å². The van der Waals surface area contributed by atoms with Gasteiger partial charge in [0.1, 0.15) is 0 Å². The first-order chi connectivity index (χ1) is 5.75. The molecule has 2 nitrogen and oxygen atoms in total. The zero-order chi connectivity index (χ0) is 8.97. The van der Waals surface area contributed by atoms with Crippen LogP contribution in [-0.2, 0) is 0 Å². The van der Waals surface area contributed by atoms with Crippen LogP contribution in [-0.4, -0.2) is 16.8 Å². The van der Waals surface area contributed by atoms with Crippen molar-refractivity contribution in [1.82, 2.24) is 0 Å². The molecule has 0 bridgehead atoms. The summed E-state index contributed by atoms with van der Waals surface area (Å²) in [5.74, 6) is 0.159. The van der Waals surface area contributed by atoms with Gasteiger partial charge in [-0.25, -0.2) is 4.79 Å². The van der Waals surface area contributed by atoms with Gasteiger partial charge in [-0.3, -0.25) is 0 Å². The van der Waals surface area contributed by atoms with Crippen LogP contribution in [0, 0.1) is 0 Å². The van der Waals surface area contributed by atoms with Crippen molar-refractivity contribution in [2.75, 3.05) is 5.75 Å². The van der Waals surface area contributed by atoms with Crippen LogP contribution in [0.15, 0.2) is 15.7 Å². The number of hydrogen-bond donors (Lipinski definition) is 1. The van der Waals surface area contributed by atoms with Crippen LogP contribution in [0.25, 0.3) is 0 Å². The summed E-state index contributed by atoms with van der Waals surface area (Å²) in [5.41, 5.74) is 0.443. The van der Waals surface area contributed by atoms with Crippen LogP contribution < -0.4 is 0 Å². The molecule has 1 aromatic rings. The predicted molar refractivity (Wildman–Crippen MR) is 52.3 cm³/mol. The third-order valence-corrected chi connectivity index (χ3v) is 3.47. The number of carboxylic acids is 1. The number of thioether (sulfide) groups is 1. The highest BCUT2D eigenvalue weighted by molar-refractivity contribution is 7.99. The van der Waals surface area contributed by atoms with Crippen LogP contribution in [0.5, 0.6) is 0 Å². The van der Waals surface area contributed by atoms with Crippen LogP contribution >= 0.6 is 23.1 Å². The van der Waals surface area contributed by atoms with E-state index in [1.165, 1.54) is 11.3 Å². The standard InChI is InChI=1S/C8H10O2S2/c1-2-3-12-7-5-11-4-6(7)8(9)10/h4-5H,2-3H2,1H3,(H,9,10). The van der Waals surface area contributed by atoms with Gasteiger partial charge in [-0.1, -0.05) is 6.92 Å². The summed E-state index contributed by atoms with van der Waals surface area (Å²) in [6, 6.07) is 0. The molecule has 0 aromatic carbocycles. The van der Waals surface area contributed by atoms with E-state index in [0.717, 1.165) is 17.1 Å². The van der Waals surface area contributed by atoms with Gasteiger partial charge < -0.3 is 5.11 Å². The number of carbonyl (C=O) groups is 1. The molecule has 0 aliphatic rings. The van der Waals surface area contributed by atoms with Gasteiger partial charge in [-0.2, -0.15) is 11.3 Å². The van der Waals surface area contributed by atoms with Gasteiger partial charge in [0.05, 0.1) is 5.56 Å². The monoisotopic (exact) mass is 202 g/mol. The van der Waals surface area contributed by atoms with Gasteiger partial charge in [0.15, 0.2) is 0 Å². The second kappa shape index (κ2) is 4.52. The average Bonchev–Trinajstić information content (AvgIpc) is 2.48. The molecule has 0 unspecified atom stereocenters. The SMILES string of the molecule is CCCSc1cscc1C(=O)O. The van der Waals surface area contributed by atoms with Crippen molar-refractivity contribution < 1.29 is 9.90 Å². The Bertz CT molecular complexity index is 268. The molecular formula is C8H10O2S2. The Labute approximate surface area is 79.6 Å². The van der Waals surface area contributed by atoms with E-state index in [1.807, 2.05) is 5.38 Å². The zero-order valence-corrected chi connectivity index (χ0v) is 8.37. The topological polar surface area (TPSA) is 37.3 Å². The Balaban J connectivity index is 2.70. The van der Waals surface area contributed by atoms with E-state index in [-0.39, 0.29) is 0 Å². The van der Waals surface area contributed by atoms with Gasteiger partial charge in [-0.15, -0.1) is 11.8 Å². The van der Waals surface area contributed by atoms with E-state index in [1.54, 1.807) is 17.1 Å². The maximum atomic E-state index is 10.6. The van der Waals surface area contributed by atoms with Gasteiger partial charge >= 0.3 is 5.97 Å². The molecule has 0 fully saturated rings. The number of rotatable bonds is 4. The Morgan fingerprint density at radius 1 is 1.67 bits per heavy atom. The predicted octanol–water partition coefficient (Wildman–Crippen LogP) is 2.95. The molecule has 1 aromatic heterocycles. The van der Waals surface area contributed by atoms with Gasteiger partial charge in [-0.05, 0) is 12.2 Å².